The van der Waals surface area contributed by atoms with Crippen molar-refractivity contribution in [1.82, 2.24) is 0 Å². The molecule has 1 rings (SSSR count). The molecular weight excluding hydrogens is 422 g/mol. The molecule has 0 saturated heterocycles. The van der Waals surface area contributed by atoms with Crippen LogP contribution in [0.1, 0.15) is 129 Å². The van der Waals surface area contributed by atoms with Gasteiger partial charge in [-0.25, -0.2) is 14.3 Å². The predicted octanol–water partition coefficient (Wildman–Crippen LogP) is 7.72. The summed E-state index contributed by atoms with van der Waals surface area (Å²) >= 11 is 0. The minimum absolute atomic E-state index is 0.0432. The number of carboxylic acid groups (broad SMARTS) is 1. The molecular formula is C29H54N3O2+. The van der Waals surface area contributed by atoms with E-state index in [9.17, 15) is 9.90 Å². The van der Waals surface area contributed by atoms with Crippen LogP contribution in [-0.4, -0.2) is 41.0 Å². The second kappa shape index (κ2) is 20.9. The highest BCUT2D eigenvalue weighted by Gasteiger charge is 2.36. The second-order valence-electron chi connectivity index (χ2n) is 10.0. The molecule has 0 aromatic rings. The molecule has 0 saturated carbocycles. The number of rotatable bonds is 24. The van der Waals surface area contributed by atoms with E-state index >= 15 is 0 Å². The van der Waals surface area contributed by atoms with Gasteiger partial charge in [0.2, 0.25) is 5.84 Å². The average Bonchev–Trinajstić information content (AvgIpc) is 3.19. The molecule has 34 heavy (non-hydrogen) atoms. The van der Waals surface area contributed by atoms with Crippen molar-refractivity contribution in [2.75, 3.05) is 19.6 Å². The third-order valence-electron chi connectivity index (χ3n) is 6.95. The van der Waals surface area contributed by atoms with E-state index in [1.54, 1.807) is 6.20 Å². The van der Waals surface area contributed by atoms with Gasteiger partial charge in [-0.1, -0.05) is 103 Å². The summed E-state index contributed by atoms with van der Waals surface area (Å²) in [7, 11) is 0. The Bertz CT molecular complexity index is 600. The van der Waals surface area contributed by atoms with Crippen molar-refractivity contribution in [2.24, 2.45) is 10.7 Å². The number of nitrogens with zero attached hydrogens (tertiary/aromatic N) is 2. The smallest absolute Gasteiger partial charge is 0.360 e. The van der Waals surface area contributed by atoms with Gasteiger partial charge in [-0.05, 0) is 32.1 Å². The molecule has 0 aromatic carbocycles. The number of hydrogen-bond acceptors (Lipinski definition) is 3. The largest absolute Gasteiger partial charge is 0.477 e. The van der Waals surface area contributed by atoms with Crippen LogP contribution in [0.15, 0.2) is 29.5 Å². The van der Waals surface area contributed by atoms with Gasteiger partial charge < -0.3 is 10.8 Å². The first kappa shape index (κ1) is 30.6. The summed E-state index contributed by atoms with van der Waals surface area (Å²) in [5.41, 5.74) is 5.74. The van der Waals surface area contributed by atoms with E-state index in [2.05, 4.69) is 24.1 Å². The lowest BCUT2D eigenvalue weighted by atomic mass is 10.0. The molecule has 1 heterocycles. The van der Waals surface area contributed by atoms with Crippen LogP contribution in [0.2, 0.25) is 0 Å². The topological polar surface area (TPSA) is 75.7 Å². The molecule has 0 spiro atoms. The molecule has 0 bridgehead atoms. The molecule has 3 N–H and O–H groups in total. The number of carboxylic acids is 1. The van der Waals surface area contributed by atoms with Crippen LogP contribution in [0.4, 0.5) is 0 Å². The second-order valence-corrected chi connectivity index (χ2v) is 10.0. The Morgan fingerprint density at radius 1 is 0.853 bits per heavy atom. The van der Waals surface area contributed by atoms with E-state index in [1.165, 1.54) is 109 Å². The van der Waals surface area contributed by atoms with Crippen LogP contribution in [-0.2, 0) is 4.79 Å². The summed E-state index contributed by atoms with van der Waals surface area (Å²) in [4.78, 5) is 15.8. The lowest BCUT2D eigenvalue weighted by Crippen LogP contribution is -2.52. The van der Waals surface area contributed by atoms with E-state index in [0.717, 1.165) is 18.7 Å². The number of unbranched alkanes of at least 4 members (excludes halogenated alkanes) is 16. The third kappa shape index (κ3) is 14.7. The van der Waals surface area contributed by atoms with Crippen molar-refractivity contribution >= 4 is 11.8 Å². The van der Waals surface area contributed by atoms with Gasteiger partial charge in [-0.2, -0.15) is 0 Å². The molecule has 1 aliphatic heterocycles. The Morgan fingerprint density at radius 2 is 1.35 bits per heavy atom. The van der Waals surface area contributed by atoms with Gasteiger partial charge >= 0.3 is 5.97 Å². The molecule has 0 aliphatic carbocycles. The van der Waals surface area contributed by atoms with Gasteiger partial charge in [0.25, 0.3) is 0 Å². The maximum absolute atomic E-state index is 11.3. The van der Waals surface area contributed by atoms with Crippen LogP contribution >= 0.6 is 0 Å². The van der Waals surface area contributed by atoms with Gasteiger partial charge in [0.1, 0.15) is 12.7 Å². The number of carbonyl (C=O) groups is 1. The zero-order valence-electron chi connectivity index (χ0n) is 22.2. The minimum Gasteiger partial charge on any atom is -0.477 e. The maximum Gasteiger partial charge on any atom is 0.360 e. The molecule has 0 amide bonds. The Hall–Kier alpha value is -1.46. The molecule has 0 fully saturated rings. The van der Waals surface area contributed by atoms with Gasteiger partial charge in [-0.3, -0.25) is 0 Å². The number of amidine groups is 1. The molecule has 0 aromatic heterocycles. The van der Waals surface area contributed by atoms with Gasteiger partial charge in [0.15, 0.2) is 6.54 Å². The third-order valence-corrected chi connectivity index (χ3v) is 6.95. The van der Waals surface area contributed by atoms with Crippen molar-refractivity contribution in [3.8, 4) is 0 Å². The molecule has 0 radical (unpaired) electrons. The van der Waals surface area contributed by atoms with Gasteiger partial charge in [-0.15, -0.1) is 0 Å². The minimum atomic E-state index is -0.799. The highest BCUT2D eigenvalue weighted by atomic mass is 16.4. The fourth-order valence-corrected chi connectivity index (χ4v) is 4.87. The van der Waals surface area contributed by atoms with E-state index in [0.29, 0.717) is 17.6 Å². The number of hydrogen-bond donors (Lipinski definition) is 2. The van der Waals surface area contributed by atoms with Crippen LogP contribution in [0, 0.1) is 0 Å². The summed E-state index contributed by atoms with van der Waals surface area (Å²) in [5.74, 6) is 0.163. The number of aliphatic carboxylic acids is 1. The Labute approximate surface area is 210 Å². The number of allylic oxidation sites excluding steroid dienone is 2. The number of nitrogens with two attached hydrogens (primary N) is 1. The lowest BCUT2D eigenvalue weighted by Gasteiger charge is -2.30. The summed E-state index contributed by atoms with van der Waals surface area (Å²) in [6.07, 6.45) is 33.2. The molecule has 5 heteroatoms. The fourth-order valence-electron chi connectivity index (χ4n) is 4.87. The fraction of sp³-hybridized carbons (Fsp3) is 0.793. The number of quaternary nitrogens is 1. The molecule has 196 valence electrons. The Morgan fingerprint density at radius 3 is 1.85 bits per heavy atom. The lowest BCUT2D eigenvalue weighted by molar-refractivity contribution is -0.778. The van der Waals surface area contributed by atoms with E-state index in [1.807, 2.05) is 6.20 Å². The quantitative estimate of drug-likeness (QED) is 0.0850. The highest BCUT2D eigenvalue weighted by Crippen LogP contribution is 2.21. The molecule has 5 nitrogen and oxygen atoms in total. The molecule has 1 aliphatic rings. The number of aliphatic imine (C=N–C) groups is 1. The molecule has 1 unspecified atom stereocenters. The van der Waals surface area contributed by atoms with E-state index in [4.69, 9.17) is 5.73 Å². The first-order chi connectivity index (χ1) is 16.6. The van der Waals surface area contributed by atoms with Crippen molar-refractivity contribution in [2.45, 2.75) is 129 Å². The summed E-state index contributed by atoms with van der Waals surface area (Å²) < 4.78 is 0.306. The normalized spacial score (nSPS) is 17.6. The van der Waals surface area contributed by atoms with E-state index < -0.39 is 5.97 Å². The average molecular weight is 477 g/mol. The zero-order chi connectivity index (χ0) is 24.7. The van der Waals surface area contributed by atoms with E-state index in [-0.39, 0.29) is 6.54 Å². The zero-order valence-corrected chi connectivity index (χ0v) is 22.2. The first-order valence-corrected chi connectivity index (χ1v) is 14.3. The van der Waals surface area contributed by atoms with Gasteiger partial charge in [0, 0.05) is 13.0 Å². The van der Waals surface area contributed by atoms with Crippen LogP contribution < -0.4 is 5.73 Å². The molecule has 1 atom stereocenters. The van der Waals surface area contributed by atoms with Crippen LogP contribution in [0.25, 0.3) is 0 Å². The van der Waals surface area contributed by atoms with Crippen LogP contribution in [0.5, 0.6) is 0 Å². The monoisotopic (exact) mass is 476 g/mol. The summed E-state index contributed by atoms with van der Waals surface area (Å²) in [6.45, 7) is 3.39. The summed E-state index contributed by atoms with van der Waals surface area (Å²) in [5, 5.41) is 9.28. The van der Waals surface area contributed by atoms with Crippen molar-refractivity contribution in [3.05, 3.63) is 24.6 Å². The van der Waals surface area contributed by atoms with Crippen molar-refractivity contribution in [3.63, 3.8) is 0 Å². The van der Waals surface area contributed by atoms with Crippen molar-refractivity contribution in [1.29, 1.82) is 0 Å². The van der Waals surface area contributed by atoms with Gasteiger partial charge in [0.05, 0.1) is 6.20 Å². The SMILES string of the molecule is CCCCCCCCC/C=C/CCCCCCCCCCCC1=NC=C[N+]1(CCN)CC(=O)O. The highest BCUT2D eigenvalue weighted by molar-refractivity contribution is 5.81. The maximum atomic E-state index is 11.3. The first-order valence-electron chi connectivity index (χ1n) is 14.3. The standard InChI is InChI=1S/C29H53N3O2/c1-2-3-4-5-6-7-8-9-10-11-12-13-14-15-16-17-18-19-20-21-22-28-31-24-26-32(28,25-23-30)27-29(33)34/h10-11,24,26H,2-9,12-23,25,27,30H2,1H3/p+1/b11-10+. The predicted molar refractivity (Wildman–Crippen MR) is 146 cm³/mol. The summed E-state index contributed by atoms with van der Waals surface area (Å²) in [6, 6.07) is 0. The van der Waals surface area contributed by atoms with Crippen molar-refractivity contribution < 1.29 is 14.4 Å². The van der Waals surface area contributed by atoms with Crippen LogP contribution in [0.3, 0.4) is 0 Å². The Kier molecular flexibility index (Phi) is 18.8. The Balaban J connectivity index is 1.90.